The summed E-state index contributed by atoms with van der Waals surface area (Å²) >= 11 is 0. The van der Waals surface area contributed by atoms with Crippen LogP contribution in [0.25, 0.3) is 0 Å². The highest BCUT2D eigenvalue weighted by Crippen LogP contribution is 2.51. The van der Waals surface area contributed by atoms with E-state index in [0.717, 1.165) is 12.8 Å². The zero-order valence-corrected chi connectivity index (χ0v) is 10.9. The van der Waals surface area contributed by atoms with Crippen molar-refractivity contribution in [1.29, 1.82) is 0 Å². The van der Waals surface area contributed by atoms with Gasteiger partial charge in [0.05, 0.1) is 19.6 Å². The maximum absolute atomic E-state index is 11.6. The van der Waals surface area contributed by atoms with Crippen LogP contribution in [0.3, 0.4) is 0 Å². The minimum absolute atomic E-state index is 0.216. The van der Waals surface area contributed by atoms with Gasteiger partial charge in [0.25, 0.3) is 0 Å². The molecule has 1 aliphatic carbocycles. The van der Waals surface area contributed by atoms with E-state index in [1.807, 2.05) is 25.1 Å². The van der Waals surface area contributed by atoms with Crippen LogP contribution in [0.15, 0.2) is 30.3 Å². The van der Waals surface area contributed by atoms with Gasteiger partial charge in [-0.3, -0.25) is 4.79 Å². The van der Waals surface area contributed by atoms with Crippen LogP contribution in [0.4, 0.5) is 0 Å². The van der Waals surface area contributed by atoms with E-state index >= 15 is 0 Å². The molecule has 0 heterocycles. The third kappa shape index (κ3) is 2.27. The highest BCUT2D eigenvalue weighted by Gasteiger charge is 2.47. The molecule has 0 bridgehead atoms. The molecule has 1 saturated carbocycles. The summed E-state index contributed by atoms with van der Waals surface area (Å²) in [5.74, 6) is -0.0350. The summed E-state index contributed by atoms with van der Waals surface area (Å²) in [5, 5.41) is 10.2. The molecule has 0 saturated heterocycles. The molecule has 2 rings (SSSR count). The molecule has 1 aliphatic rings. The van der Waals surface area contributed by atoms with Crippen LogP contribution < -0.4 is 0 Å². The molecule has 1 N–H and O–H groups in total. The largest absolute Gasteiger partial charge is 0.469 e. The number of carbonyl (C=O) groups is 1. The van der Waals surface area contributed by atoms with Crippen molar-refractivity contribution >= 4 is 5.97 Å². The van der Waals surface area contributed by atoms with E-state index in [1.165, 1.54) is 12.7 Å². The Hall–Kier alpha value is -1.35. The molecule has 1 aromatic carbocycles. The first-order valence-electron chi connectivity index (χ1n) is 6.38. The summed E-state index contributed by atoms with van der Waals surface area (Å²) in [5.41, 5.74) is 0.773. The number of rotatable bonds is 3. The van der Waals surface area contributed by atoms with E-state index in [0.29, 0.717) is 0 Å². The number of hydrogen-bond donors (Lipinski definition) is 1. The Morgan fingerprint density at radius 3 is 2.67 bits per heavy atom. The normalized spacial score (nSPS) is 31.3. The van der Waals surface area contributed by atoms with Gasteiger partial charge in [-0.2, -0.15) is 0 Å². The van der Waals surface area contributed by atoms with Gasteiger partial charge in [0, 0.05) is 5.41 Å². The Kier molecular flexibility index (Phi) is 3.71. The van der Waals surface area contributed by atoms with Crippen molar-refractivity contribution in [3.63, 3.8) is 0 Å². The van der Waals surface area contributed by atoms with Crippen molar-refractivity contribution in [3.05, 3.63) is 35.9 Å². The standard InChI is InChI=1S/C15H20O3/c1-15(10-14(17)18-2)12(8-9-13(15)16)11-6-4-3-5-7-11/h3-7,12-13,16H,8-10H2,1-2H3. The lowest BCUT2D eigenvalue weighted by Crippen LogP contribution is -2.34. The Labute approximate surface area is 108 Å². The van der Waals surface area contributed by atoms with Crippen LogP contribution in [-0.4, -0.2) is 24.3 Å². The van der Waals surface area contributed by atoms with E-state index in [4.69, 9.17) is 4.74 Å². The second kappa shape index (κ2) is 5.11. The molecule has 1 fully saturated rings. The van der Waals surface area contributed by atoms with Gasteiger partial charge in [-0.1, -0.05) is 37.3 Å². The second-order valence-corrected chi connectivity index (χ2v) is 5.32. The average molecular weight is 248 g/mol. The van der Waals surface area contributed by atoms with Gasteiger partial charge < -0.3 is 9.84 Å². The molecule has 98 valence electrons. The minimum atomic E-state index is -0.443. The van der Waals surface area contributed by atoms with Crippen molar-refractivity contribution in [1.82, 2.24) is 0 Å². The Morgan fingerprint density at radius 2 is 2.06 bits per heavy atom. The molecule has 3 nitrogen and oxygen atoms in total. The van der Waals surface area contributed by atoms with Crippen LogP contribution >= 0.6 is 0 Å². The lowest BCUT2D eigenvalue weighted by Gasteiger charge is -2.33. The summed E-state index contributed by atoms with van der Waals surface area (Å²) in [6, 6.07) is 10.1. The fourth-order valence-corrected chi connectivity index (χ4v) is 3.07. The predicted octanol–water partition coefficient (Wildman–Crippen LogP) is 2.49. The van der Waals surface area contributed by atoms with Crippen molar-refractivity contribution < 1.29 is 14.6 Å². The first kappa shape index (κ1) is 13.1. The molecule has 3 unspecified atom stereocenters. The van der Waals surface area contributed by atoms with Crippen LogP contribution in [0.2, 0.25) is 0 Å². The Morgan fingerprint density at radius 1 is 1.39 bits per heavy atom. The first-order chi connectivity index (χ1) is 8.58. The van der Waals surface area contributed by atoms with Crippen LogP contribution in [0.1, 0.15) is 37.7 Å². The third-order valence-corrected chi connectivity index (χ3v) is 4.24. The maximum Gasteiger partial charge on any atom is 0.306 e. The highest BCUT2D eigenvalue weighted by atomic mass is 16.5. The van der Waals surface area contributed by atoms with Gasteiger partial charge in [-0.25, -0.2) is 0 Å². The van der Waals surface area contributed by atoms with Gasteiger partial charge in [0.2, 0.25) is 0 Å². The molecule has 0 spiro atoms. The number of ether oxygens (including phenoxy) is 1. The lowest BCUT2D eigenvalue weighted by molar-refractivity contribution is -0.145. The van der Waals surface area contributed by atoms with Crippen molar-refractivity contribution in [2.45, 2.75) is 38.2 Å². The van der Waals surface area contributed by atoms with Crippen LogP contribution in [0.5, 0.6) is 0 Å². The summed E-state index contributed by atoms with van der Waals surface area (Å²) in [4.78, 5) is 11.6. The van der Waals surface area contributed by atoms with E-state index in [1.54, 1.807) is 0 Å². The van der Waals surface area contributed by atoms with Crippen molar-refractivity contribution in [2.75, 3.05) is 7.11 Å². The van der Waals surface area contributed by atoms with Crippen molar-refractivity contribution in [3.8, 4) is 0 Å². The summed E-state index contributed by atoms with van der Waals surface area (Å²) in [7, 11) is 1.39. The Balaban J connectivity index is 2.27. The molecule has 0 amide bonds. The zero-order chi connectivity index (χ0) is 13.2. The number of aliphatic hydroxyl groups is 1. The van der Waals surface area contributed by atoms with Gasteiger partial charge in [-0.05, 0) is 24.3 Å². The molecule has 0 radical (unpaired) electrons. The number of hydrogen-bond acceptors (Lipinski definition) is 3. The molecule has 3 atom stereocenters. The van der Waals surface area contributed by atoms with E-state index in [9.17, 15) is 9.90 Å². The number of aliphatic hydroxyl groups excluding tert-OH is 1. The van der Waals surface area contributed by atoms with Gasteiger partial charge in [0.15, 0.2) is 0 Å². The molecule has 0 aromatic heterocycles. The monoisotopic (exact) mass is 248 g/mol. The summed E-state index contributed by atoms with van der Waals surface area (Å²) < 4.78 is 4.76. The predicted molar refractivity (Wildman–Crippen MR) is 69.2 cm³/mol. The third-order valence-electron chi connectivity index (χ3n) is 4.24. The lowest BCUT2D eigenvalue weighted by atomic mass is 9.72. The summed E-state index contributed by atoms with van der Waals surface area (Å²) in [6.07, 6.45) is 1.48. The smallest absolute Gasteiger partial charge is 0.306 e. The number of carbonyl (C=O) groups excluding carboxylic acids is 1. The highest BCUT2D eigenvalue weighted by molar-refractivity contribution is 5.70. The molecule has 0 aliphatic heterocycles. The van der Waals surface area contributed by atoms with Gasteiger partial charge in [-0.15, -0.1) is 0 Å². The van der Waals surface area contributed by atoms with Crippen LogP contribution in [-0.2, 0) is 9.53 Å². The van der Waals surface area contributed by atoms with E-state index in [-0.39, 0.29) is 18.3 Å². The second-order valence-electron chi connectivity index (χ2n) is 5.32. The van der Waals surface area contributed by atoms with E-state index < -0.39 is 11.5 Å². The fourth-order valence-electron chi connectivity index (χ4n) is 3.07. The number of benzene rings is 1. The summed E-state index contributed by atoms with van der Waals surface area (Å²) in [6.45, 7) is 1.99. The molecular formula is C15H20O3. The average Bonchev–Trinajstić information content (AvgIpc) is 2.67. The Bertz CT molecular complexity index is 415. The number of methoxy groups -OCH3 is 1. The minimum Gasteiger partial charge on any atom is -0.469 e. The van der Waals surface area contributed by atoms with Gasteiger partial charge in [0.1, 0.15) is 0 Å². The molecular weight excluding hydrogens is 228 g/mol. The number of esters is 1. The quantitative estimate of drug-likeness (QED) is 0.836. The molecule has 18 heavy (non-hydrogen) atoms. The first-order valence-corrected chi connectivity index (χ1v) is 6.38. The topological polar surface area (TPSA) is 46.5 Å². The van der Waals surface area contributed by atoms with Crippen molar-refractivity contribution in [2.24, 2.45) is 5.41 Å². The van der Waals surface area contributed by atoms with E-state index in [2.05, 4.69) is 12.1 Å². The zero-order valence-electron chi connectivity index (χ0n) is 10.9. The SMILES string of the molecule is COC(=O)CC1(C)C(O)CCC1c1ccccc1. The van der Waals surface area contributed by atoms with Crippen LogP contribution in [0, 0.1) is 5.41 Å². The molecule has 1 aromatic rings. The molecule has 3 heteroatoms. The maximum atomic E-state index is 11.6. The fraction of sp³-hybridized carbons (Fsp3) is 0.533. The van der Waals surface area contributed by atoms with Gasteiger partial charge >= 0.3 is 5.97 Å².